The number of thiophene rings is 1. The third-order valence-corrected chi connectivity index (χ3v) is 6.99. The summed E-state index contributed by atoms with van der Waals surface area (Å²) in [4.78, 5) is 4.55. The van der Waals surface area contributed by atoms with Gasteiger partial charge in [0.05, 0.1) is 12.8 Å². The van der Waals surface area contributed by atoms with Crippen LogP contribution in [-0.4, -0.2) is 12.1 Å². The lowest BCUT2D eigenvalue weighted by Crippen LogP contribution is -2.05. The van der Waals surface area contributed by atoms with Gasteiger partial charge in [0, 0.05) is 43.0 Å². The van der Waals surface area contributed by atoms with Crippen molar-refractivity contribution in [1.82, 2.24) is 4.98 Å². The fraction of sp³-hybridized carbons (Fsp3) is 0.179. The lowest BCUT2D eigenvalue weighted by Gasteiger charge is -2.18. The van der Waals surface area contributed by atoms with Gasteiger partial charge in [0.2, 0.25) is 0 Å². The van der Waals surface area contributed by atoms with E-state index in [1.165, 1.54) is 0 Å². The quantitative estimate of drug-likeness (QED) is 0.296. The molecule has 3 aromatic carbocycles. The average molecular weight is 426 g/mol. The van der Waals surface area contributed by atoms with Crippen LogP contribution in [0.4, 0.5) is 0 Å². The zero-order chi connectivity index (χ0) is 24.4. The molecule has 0 saturated carbocycles. The van der Waals surface area contributed by atoms with Crippen LogP contribution in [0.2, 0.25) is 0 Å². The van der Waals surface area contributed by atoms with Crippen molar-refractivity contribution in [3.8, 4) is 28.1 Å². The molecule has 0 N–H and O–H groups in total. The number of benzene rings is 3. The Morgan fingerprint density at radius 1 is 0.871 bits per heavy atom. The first-order valence-electron chi connectivity index (χ1n) is 12.4. The van der Waals surface area contributed by atoms with Crippen LogP contribution in [0.25, 0.3) is 42.6 Å². The Balaban J connectivity index is 1.52. The largest absolute Gasteiger partial charge is 0.496 e. The predicted octanol–water partition coefficient (Wildman–Crippen LogP) is 7.67. The Morgan fingerprint density at radius 3 is 2.68 bits per heavy atom. The van der Waals surface area contributed by atoms with Gasteiger partial charge < -0.3 is 4.74 Å². The maximum Gasteiger partial charge on any atom is 0.126 e. The second kappa shape index (κ2) is 7.51. The molecule has 0 aliphatic heterocycles. The smallest absolute Gasteiger partial charge is 0.126 e. The first kappa shape index (κ1) is 14.8. The third-order valence-electron chi connectivity index (χ3n) is 5.86. The number of pyridine rings is 1. The summed E-state index contributed by atoms with van der Waals surface area (Å²) < 4.78 is 42.0. The van der Waals surface area contributed by atoms with E-state index in [2.05, 4.69) is 41.4 Å². The fourth-order valence-electron chi connectivity index (χ4n) is 4.37. The number of hydrogen-bond donors (Lipinski definition) is 0. The minimum Gasteiger partial charge on any atom is -0.496 e. The number of rotatable bonds is 3. The summed E-state index contributed by atoms with van der Waals surface area (Å²) in [6.45, 7) is 0. The molecule has 1 aliphatic carbocycles. The molecule has 0 fully saturated rings. The van der Waals surface area contributed by atoms with E-state index in [1.807, 2.05) is 24.3 Å². The number of nitrogens with zero attached hydrogens (tertiary/aromatic N) is 1. The van der Waals surface area contributed by atoms with Gasteiger partial charge in [-0.2, -0.15) is 0 Å². The topological polar surface area (TPSA) is 22.1 Å². The first-order chi connectivity index (χ1) is 16.8. The first-order valence-corrected chi connectivity index (χ1v) is 11.2. The molecule has 2 aromatic heterocycles. The zero-order valence-corrected chi connectivity index (χ0v) is 17.9. The van der Waals surface area contributed by atoms with Crippen LogP contribution in [0.1, 0.15) is 29.5 Å². The standard InChI is InChI=1S/C28H23NOS/c1-30-25-9-5-4-7-21(25)19-10-12-23-24-16-20(11-13-26(24)31-27(23)17-19)28-22-8-3-2-6-18(22)14-15-29-28/h4-5,7,9-17H,2-3,6,8H2,1H3/i6D2,8D2. The lowest BCUT2D eigenvalue weighted by atomic mass is 9.89. The number of aryl methyl sites for hydroxylation is 1. The van der Waals surface area contributed by atoms with Gasteiger partial charge >= 0.3 is 0 Å². The van der Waals surface area contributed by atoms with E-state index in [9.17, 15) is 0 Å². The van der Waals surface area contributed by atoms with E-state index in [4.69, 9.17) is 10.2 Å². The van der Waals surface area contributed by atoms with E-state index >= 15 is 0 Å². The molecule has 0 bridgehead atoms. The number of ether oxygens (including phenoxy) is 1. The van der Waals surface area contributed by atoms with Gasteiger partial charge in [-0.3, -0.25) is 4.98 Å². The number of methoxy groups -OCH3 is 1. The summed E-state index contributed by atoms with van der Waals surface area (Å²) in [5.41, 5.74) is 4.28. The molecule has 1 aliphatic rings. The minimum atomic E-state index is -1.63. The number of para-hydroxylation sites is 1. The Morgan fingerprint density at radius 2 is 1.74 bits per heavy atom. The molecule has 3 heteroatoms. The highest BCUT2D eigenvalue weighted by Crippen LogP contribution is 2.40. The van der Waals surface area contributed by atoms with Crippen molar-refractivity contribution in [2.75, 3.05) is 7.11 Å². The van der Waals surface area contributed by atoms with Crippen molar-refractivity contribution in [1.29, 1.82) is 0 Å². The van der Waals surface area contributed by atoms with Crippen LogP contribution in [-0.2, 0) is 12.7 Å². The van der Waals surface area contributed by atoms with Crippen molar-refractivity contribution >= 4 is 31.5 Å². The van der Waals surface area contributed by atoms with E-state index in [1.54, 1.807) is 30.7 Å². The van der Waals surface area contributed by atoms with Crippen molar-refractivity contribution in [3.63, 3.8) is 0 Å². The minimum absolute atomic E-state index is 0.140. The van der Waals surface area contributed by atoms with Crippen LogP contribution < -0.4 is 4.74 Å². The third kappa shape index (κ3) is 3.12. The Bertz CT molecular complexity index is 1610. The Kier molecular flexibility index (Phi) is 3.58. The molecule has 2 heterocycles. The van der Waals surface area contributed by atoms with Crippen LogP contribution in [0.5, 0.6) is 5.75 Å². The SMILES string of the molecule is [2H]C1([2H])CCC([2H])([2H])c2c1ccnc2-c1ccc2sc3cc(-c4ccccc4OC)ccc3c2c1. The van der Waals surface area contributed by atoms with Gasteiger partial charge in [0.1, 0.15) is 5.75 Å². The summed E-state index contributed by atoms with van der Waals surface area (Å²) in [6, 6.07) is 22.2. The van der Waals surface area contributed by atoms with Crippen molar-refractivity contribution in [2.24, 2.45) is 0 Å². The maximum absolute atomic E-state index is 8.63. The maximum atomic E-state index is 8.63. The predicted molar refractivity (Wildman–Crippen MR) is 131 cm³/mol. The van der Waals surface area contributed by atoms with Crippen LogP contribution in [0.3, 0.4) is 0 Å². The van der Waals surface area contributed by atoms with Gasteiger partial charge in [-0.25, -0.2) is 0 Å². The molecule has 0 saturated heterocycles. The van der Waals surface area contributed by atoms with Crippen molar-refractivity contribution < 1.29 is 10.2 Å². The molecule has 0 radical (unpaired) electrons. The number of fused-ring (bicyclic) bond motifs is 4. The Labute approximate surface area is 191 Å². The van der Waals surface area contributed by atoms with Crippen molar-refractivity contribution in [2.45, 2.75) is 25.6 Å². The molecule has 2 nitrogen and oxygen atoms in total. The van der Waals surface area contributed by atoms with Gasteiger partial charge in [0.25, 0.3) is 0 Å². The summed E-state index contributed by atoms with van der Waals surface area (Å²) in [5, 5.41) is 2.22. The second-order valence-electron chi connectivity index (χ2n) is 7.66. The summed E-state index contributed by atoms with van der Waals surface area (Å²) >= 11 is 1.72. The molecule has 0 unspecified atom stereocenters. The van der Waals surface area contributed by atoms with Crippen LogP contribution in [0.15, 0.2) is 72.9 Å². The highest BCUT2D eigenvalue weighted by atomic mass is 32.1. The summed E-state index contributed by atoms with van der Waals surface area (Å²) in [7, 11) is 1.68. The van der Waals surface area contributed by atoms with Crippen LogP contribution in [0, 0.1) is 0 Å². The molecule has 31 heavy (non-hydrogen) atoms. The van der Waals surface area contributed by atoms with E-state index in [0.717, 1.165) is 42.6 Å². The zero-order valence-electron chi connectivity index (χ0n) is 21.1. The van der Waals surface area contributed by atoms with Crippen molar-refractivity contribution in [3.05, 3.63) is 84.1 Å². The molecule has 0 amide bonds. The van der Waals surface area contributed by atoms with E-state index < -0.39 is 12.7 Å². The van der Waals surface area contributed by atoms with E-state index in [0.29, 0.717) is 16.8 Å². The van der Waals surface area contributed by atoms with Gasteiger partial charge in [-0.1, -0.05) is 36.4 Å². The fourth-order valence-corrected chi connectivity index (χ4v) is 5.49. The molecule has 0 atom stereocenters. The summed E-state index contributed by atoms with van der Waals surface area (Å²) in [5.74, 6) is 0.837. The monoisotopic (exact) mass is 425 g/mol. The highest BCUT2D eigenvalue weighted by molar-refractivity contribution is 7.25. The summed E-state index contributed by atoms with van der Waals surface area (Å²) in [6.07, 6.45) is -1.28. The van der Waals surface area contributed by atoms with Gasteiger partial charge in [-0.05, 0) is 72.6 Å². The highest BCUT2D eigenvalue weighted by Gasteiger charge is 2.16. The average Bonchev–Trinajstić information content (AvgIpc) is 3.23. The molecular weight excluding hydrogens is 398 g/mol. The van der Waals surface area contributed by atoms with Gasteiger partial charge in [0.15, 0.2) is 0 Å². The molecule has 5 aromatic rings. The molecule has 6 rings (SSSR count). The van der Waals surface area contributed by atoms with E-state index in [-0.39, 0.29) is 12.8 Å². The molecule has 0 spiro atoms. The normalized spacial score (nSPS) is 18.6. The second-order valence-corrected chi connectivity index (χ2v) is 8.74. The van der Waals surface area contributed by atoms with Gasteiger partial charge in [-0.15, -0.1) is 11.3 Å². The molecular formula is C28H23NOS. The lowest BCUT2D eigenvalue weighted by molar-refractivity contribution is 0.416. The molecule has 152 valence electrons. The number of aromatic nitrogens is 1. The van der Waals surface area contributed by atoms with Crippen LogP contribution >= 0.6 is 11.3 Å². The number of hydrogen-bond acceptors (Lipinski definition) is 3. The Hall–Kier alpha value is -3.17.